The third-order valence-corrected chi connectivity index (χ3v) is 8.36. The van der Waals surface area contributed by atoms with Crippen LogP contribution in [0, 0.1) is 19.3 Å². The van der Waals surface area contributed by atoms with E-state index in [2.05, 4.69) is 45.6 Å². The Kier molecular flexibility index (Phi) is 9.97. The molecule has 1 saturated carbocycles. The smallest absolute Gasteiger partial charge is 0.253 e. The average Bonchev–Trinajstić information content (AvgIpc) is 3.41. The molecule has 2 fully saturated rings. The SMILES string of the molecule is Cc1cc(C)c(CNC(=O)c2cc(C3CCN(CCCN(C)C)CC3)cc(NC3CCCC3)c2C=N)c(=O)[nH]1. The average molecular weight is 535 g/mol. The molecular weight excluding hydrogens is 488 g/mol. The molecule has 0 atom stereocenters. The van der Waals surface area contributed by atoms with E-state index in [9.17, 15) is 9.59 Å². The summed E-state index contributed by atoms with van der Waals surface area (Å²) in [6, 6.07) is 6.48. The monoisotopic (exact) mass is 534 g/mol. The van der Waals surface area contributed by atoms with E-state index in [0.717, 1.165) is 68.8 Å². The summed E-state index contributed by atoms with van der Waals surface area (Å²) in [5, 5.41) is 14.9. The van der Waals surface area contributed by atoms with Crippen LogP contribution in [0.25, 0.3) is 0 Å². The highest BCUT2D eigenvalue weighted by Crippen LogP contribution is 2.34. The maximum atomic E-state index is 13.6. The van der Waals surface area contributed by atoms with E-state index in [1.807, 2.05) is 26.0 Å². The number of aromatic amines is 1. The normalized spacial score (nSPS) is 17.1. The molecule has 0 unspecified atom stereocenters. The highest BCUT2D eigenvalue weighted by molar-refractivity contribution is 6.05. The van der Waals surface area contributed by atoms with Crippen LogP contribution in [0.15, 0.2) is 23.0 Å². The van der Waals surface area contributed by atoms with Gasteiger partial charge in [-0.15, -0.1) is 0 Å². The van der Waals surface area contributed by atoms with E-state index in [1.165, 1.54) is 31.0 Å². The number of H-pyrrole nitrogens is 1. The quantitative estimate of drug-likeness (QED) is 0.320. The van der Waals surface area contributed by atoms with Crippen LogP contribution in [-0.4, -0.2) is 73.2 Å². The second-order valence-corrected chi connectivity index (χ2v) is 11.7. The van der Waals surface area contributed by atoms with Gasteiger partial charge in [0.05, 0.1) is 5.56 Å². The van der Waals surface area contributed by atoms with E-state index in [1.54, 1.807) is 0 Å². The fourth-order valence-corrected chi connectivity index (χ4v) is 6.13. The molecule has 1 aliphatic heterocycles. The second-order valence-electron chi connectivity index (χ2n) is 11.7. The molecule has 4 rings (SSSR count). The molecule has 4 N–H and O–H groups in total. The lowest BCUT2D eigenvalue weighted by Gasteiger charge is -2.33. The Hall–Kier alpha value is -2.97. The molecule has 8 nitrogen and oxygen atoms in total. The van der Waals surface area contributed by atoms with Crippen molar-refractivity contribution < 1.29 is 4.79 Å². The Morgan fingerprint density at radius 3 is 2.49 bits per heavy atom. The number of carbonyl (C=O) groups is 1. The van der Waals surface area contributed by atoms with Crippen LogP contribution in [-0.2, 0) is 6.54 Å². The second kappa shape index (κ2) is 13.4. The Labute approximate surface area is 233 Å². The first-order chi connectivity index (χ1) is 18.7. The summed E-state index contributed by atoms with van der Waals surface area (Å²) >= 11 is 0. The summed E-state index contributed by atoms with van der Waals surface area (Å²) in [7, 11) is 4.24. The number of anilines is 1. The number of carbonyl (C=O) groups excluding carboxylic acids is 1. The molecule has 1 aliphatic carbocycles. The molecular formula is C31H46N6O2. The number of nitrogens with one attached hydrogen (secondary N) is 4. The van der Waals surface area contributed by atoms with E-state index in [-0.39, 0.29) is 18.0 Å². The van der Waals surface area contributed by atoms with Crippen LogP contribution < -0.4 is 16.2 Å². The molecule has 0 spiro atoms. The number of amides is 1. The highest BCUT2D eigenvalue weighted by Gasteiger charge is 2.25. The fraction of sp³-hybridized carbons (Fsp3) is 0.581. The number of aryl methyl sites for hydroxylation is 2. The number of aromatic nitrogens is 1. The van der Waals surface area contributed by atoms with Crippen molar-refractivity contribution in [3.63, 3.8) is 0 Å². The van der Waals surface area contributed by atoms with Crippen molar-refractivity contribution in [2.45, 2.75) is 77.3 Å². The summed E-state index contributed by atoms with van der Waals surface area (Å²) in [4.78, 5) is 33.7. The third-order valence-electron chi connectivity index (χ3n) is 8.36. The lowest BCUT2D eigenvalue weighted by atomic mass is 9.86. The number of hydrogen-bond donors (Lipinski definition) is 4. The van der Waals surface area contributed by atoms with E-state index >= 15 is 0 Å². The molecule has 1 aromatic heterocycles. The zero-order chi connectivity index (χ0) is 27.9. The maximum absolute atomic E-state index is 13.6. The van der Waals surface area contributed by atoms with Gasteiger partial charge >= 0.3 is 0 Å². The Bertz CT molecular complexity index is 1210. The minimum atomic E-state index is -0.245. The van der Waals surface area contributed by atoms with Crippen LogP contribution in [0.3, 0.4) is 0 Å². The summed E-state index contributed by atoms with van der Waals surface area (Å²) < 4.78 is 0. The van der Waals surface area contributed by atoms with Gasteiger partial charge in [-0.05, 0) is 121 Å². The first-order valence-electron chi connectivity index (χ1n) is 14.5. The van der Waals surface area contributed by atoms with Gasteiger partial charge in [0.2, 0.25) is 0 Å². The van der Waals surface area contributed by atoms with Gasteiger partial charge in [-0.2, -0.15) is 0 Å². The standard InChI is InChI=1S/C31H46N6O2/c1-21-16-22(2)34-31(39)28(21)20-33-30(38)26-17-24(18-29(27(26)19-32)35-25-8-5-6-9-25)23-10-14-37(15-11-23)13-7-12-36(3)4/h16-19,23,25,32,35H,5-15,20H2,1-4H3,(H,33,38)(H,34,39). The van der Waals surface area contributed by atoms with Crippen molar-refractivity contribution in [1.29, 1.82) is 5.41 Å². The molecule has 2 aliphatic rings. The van der Waals surface area contributed by atoms with E-state index in [4.69, 9.17) is 5.41 Å². The number of rotatable bonds is 11. The lowest BCUT2D eigenvalue weighted by molar-refractivity contribution is 0.0950. The first kappa shape index (κ1) is 29.0. The number of benzene rings is 1. The van der Waals surface area contributed by atoms with Crippen LogP contribution >= 0.6 is 0 Å². The molecule has 0 bridgehead atoms. The van der Waals surface area contributed by atoms with Gasteiger partial charge in [0.25, 0.3) is 11.5 Å². The molecule has 0 radical (unpaired) electrons. The molecule has 2 heterocycles. The zero-order valence-corrected chi connectivity index (χ0v) is 24.2. The predicted molar refractivity (Wildman–Crippen MR) is 159 cm³/mol. The van der Waals surface area contributed by atoms with Gasteiger partial charge < -0.3 is 30.8 Å². The predicted octanol–water partition coefficient (Wildman–Crippen LogP) is 4.41. The summed E-state index contributed by atoms with van der Waals surface area (Å²) in [5.41, 5.74) is 5.25. The van der Waals surface area contributed by atoms with Gasteiger partial charge in [-0.3, -0.25) is 9.59 Å². The van der Waals surface area contributed by atoms with E-state index in [0.29, 0.717) is 28.7 Å². The number of pyridine rings is 1. The molecule has 8 heteroatoms. The van der Waals surface area contributed by atoms with Crippen molar-refractivity contribution >= 4 is 17.8 Å². The summed E-state index contributed by atoms with van der Waals surface area (Å²) in [6.45, 7) is 8.25. The lowest BCUT2D eigenvalue weighted by Crippen LogP contribution is -2.35. The van der Waals surface area contributed by atoms with E-state index < -0.39 is 0 Å². The maximum Gasteiger partial charge on any atom is 0.253 e. The minimum absolute atomic E-state index is 0.151. The number of piperidine rings is 1. The summed E-state index contributed by atoms with van der Waals surface area (Å²) in [5.74, 6) is 0.137. The molecule has 39 heavy (non-hydrogen) atoms. The molecule has 212 valence electrons. The topological polar surface area (TPSA) is 104 Å². The molecule has 2 aromatic rings. The zero-order valence-electron chi connectivity index (χ0n) is 24.2. The Morgan fingerprint density at radius 2 is 1.85 bits per heavy atom. The number of nitrogens with zero attached hydrogens (tertiary/aromatic N) is 2. The molecule has 1 aromatic carbocycles. The molecule has 1 saturated heterocycles. The largest absolute Gasteiger partial charge is 0.382 e. The van der Waals surface area contributed by atoms with Crippen LogP contribution in [0.5, 0.6) is 0 Å². The first-order valence-corrected chi connectivity index (χ1v) is 14.5. The third kappa shape index (κ3) is 7.57. The summed E-state index contributed by atoms with van der Waals surface area (Å²) in [6.07, 6.45) is 9.25. The van der Waals surface area contributed by atoms with Crippen molar-refractivity contribution in [2.75, 3.05) is 45.6 Å². The Balaban J connectivity index is 1.55. The van der Waals surface area contributed by atoms with Crippen LogP contribution in [0.1, 0.15) is 89.2 Å². The number of likely N-dealkylation sites (tertiary alicyclic amines) is 1. The van der Waals surface area contributed by atoms with Crippen molar-refractivity contribution in [3.8, 4) is 0 Å². The Morgan fingerprint density at radius 1 is 1.13 bits per heavy atom. The fourth-order valence-electron chi connectivity index (χ4n) is 6.13. The number of hydrogen-bond acceptors (Lipinski definition) is 6. The van der Waals surface area contributed by atoms with Gasteiger partial charge in [-0.1, -0.05) is 12.8 Å². The van der Waals surface area contributed by atoms with Crippen molar-refractivity contribution in [1.82, 2.24) is 20.1 Å². The highest BCUT2D eigenvalue weighted by atomic mass is 16.1. The van der Waals surface area contributed by atoms with Gasteiger partial charge in [0, 0.05) is 41.3 Å². The van der Waals surface area contributed by atoms with Gasteiger partial charge in [0.15, 0.2) is 0 Å². The van der Waals surface area contributed by atoms with Crippen LogP contribution in [0.4, 0.5) is 5.69 Å². The van der Waals surface area contributed by atoms with Gasteiger partial charge in [0.1, 0.15) is 0 Å². The van der Waals surface area contributed by atoms with Crippen molar-refractivity contribution in [2.24, 2.45) is 0 Å². The van der Waals surface area contributed by atoms with Crippen molar-refractivity contribution in [3.05, 3.63) is 62.1 Å². The van der Waals surface area contributed by atoms with Gasteiger partial charge in [-0.25, -0.2) is 0 Å². The van der Waals surface area contributed by atoms with Crippen LogP contribution in [0.2, 0.25) is 0 Å². The molecule has 1 amide bonds. The minimum Gasteiger partial charge on any atom is -0.382 e.